The number of amides is 1. The van der Waals surface area contributed by atoms with E-state index in [1.54, 1.807) is 6.92 Å². The average Bonchev–Trinajstić information content (AvgIpc) is 2.67. The number of rotatable bonds is 4. The van der Waals surface area contributed by atoms with Crippen LogP contribution >= 0.6 is 0 Å². The fourth-order valence-electron chi connectivity index (χ4n) is 2.11. The molecule has 9 heteroatoms. The van der Waals surface area contributed by atoms with Crippen molar-refractivity contribution in [2.75, 3.05) is 13.2 Å². The van der Waals surface area contributed by atoms with Crippen molar-refractivity contribution in [2.24, 2.45) is 0 Å². The van der Waals surface area contributed by atoms with E-state index in [-0.39, 0.29) is 13.2 Å². The van der Waals surface area contributed by atoms with Crippen molar-refractivity contribution in [3.05, 3.63) is 0 Å². The zero-order valence-corrected chi connectivity index (χ0v) is 11.9. The van der Waals surface area contributed by atoms with Crippen LogP contribution in [0, 0.1) is 0 Å². The van der Waals surface area contributed by atoms with Crippen molar-refractivity contribution in [3.8, 4) is 0 Å². The van der Waals surface area contributed by atoms with Gasteiger partial charge >= 0.3 is 24.0 Å². The summed E-state index contributed by atoms with van der Waals surface area (Å²) in [4.78, 5) is 46.2. The van der Waals surface area contributed by atoms with Crippen molar-refractivity contribution < 1.29 is 38.5 Å². The highest BCUT2D eigenvalue weighted by Crippen LogP contribution is 2.25. The van der Waals surface area contributed by atoms with Crippen LogP contribution in [0.25, 0.3) is 0 Å². The van der Waals surface area contributed by atoms with Gasteiger partial charge in [0.2, 0.25) is 0 Å². The van der Waals surface area contributed by atoms with Crippen molar-refractivity contribution in [3.63, 3.8) is 0 Å². The van der Waals surface area contributed by atoms with Crippen molar-refractivity contribution in [2.45, 2.75) is 39.0 Å². The molecule has 118 valence electrons. The standard InChI is InChI=1S/C12H17NO8/c1-4-19-12(18)13-5-8(20-6(2)14)10(21-7(3)15)9(13)11(16)17/h8-10H,4-5H2,1-3H3,(H,16,17)/t8-,9-,10-/m0/s1. The number of ether oxygens (including phenoxy) is 3. The molecule has 9 nitrogen and oxygen atoms in total. The molecule has 0 spiro atoms. The van der Waals surface area contributed by atoms with Crippen molar-refractivity contribution >= 4 is 24.0 Å². The second-order valence-corrected chi connectivity index (χ2v) is 4.36. The monoisotopic (exact) mass is 303 g/mol. The van der Waals surface area contributed by atoms with Gasteiger partial charge in [0.05, 0.1) is 13.2 Å². The Morgan fingerprint density at radius 1 is 1.14 bits per heavy atom. The summed E-state index contributed by atoms with van der Waals surface area (Å²) < 4.78 is 14.6. The lowest BCUT2D eigenvalue weighted by Crippen LogP contribution is -2.47. The van der Waals surface area contributed by atoms with Crippen LogP contribution in [0.3, 0.4) is 0 Å². The minimum absolute atomic E-state index is 0.0537. The number of carbonyl (C=O) groups excluding carboxylic acids is 3. The Hall–Kier alpha value is -2.32. The van der Waals surface area contributed by atoms with E-state index in [0.717, 1.165) is 18.7 Å². The third-order valence-electron chi connectivity index (χ3n) is 2.76. The van der Waals surface area contributed by atoms with E-state index in [2.05, 4.69) is 0 Å². The van der Waals surface area contributed by atoms with Crippen molar-refractivity contribution in [1.29, 1.82) is 0 Å². The highest BCUT2D eigenvalue weighted by molar-refractivity contribution is 5.82. The number of nitrogens with zero attached hydrogens (tertiary/aromatic N) is 1. The van der Waals surface area contributed by atoms with E-state index in [4.69, 9.17) is 14.2 Å². The first-order chi connectivity index (χ1) is 9.77. The summed E-state index contributed by atoms with van der Waals surface area (Å²) in [5, 5.41) is 9.25. The van der Waals surface area contributed by atoms with Crippen LogP contribution < -0.4 is 0 Å². The molecule has 0 aliphatic carbocycles. The van der Waals surface area contributed by atoms with Gasteiger partial charge in [-0.2, -0.15) is 0 Å². The molecule has 3 atom stereocenters. The second kappa shape index (κ2) is 6.91. The minimum atomic E-state index is -1.47. The first kappa shape index (κ1) is 16.7. The number of esters is 2. The van der Waals surface area contributed by atoms with Crippen molar-refractivity contribution in [1.82, 2.24) is 4.90 Å². The van der Waals surface area contributed by atoms with Crippen LogP contribution in [-0.4, -0.2) is 65.4 Å². The molecule has 1 fully saturated rings. The number of carbonyl (C=O) groups is 4. The highest BCUT2D eigenvalue weighted by atomic mass is 16.6. The summed E-state index contributed by atoms with van der Waals surface area (Å²) in [5.74, 6) is -2.80. The molecule has 1 saturated heterocycles. The molecule has 1 amide bonds. The molecular weight excluding hydrogens is 286 g/mol. The second-order valence-electron chi connectivity index (χ2n) is 4.36. The van der Waals surface area contributed by atoms with Gasteiger partial charge in [0, 0.05) is 13.8 Å². The lowest BCUT2D eigenvalue weighted by Gasteiger charge is -2.23. The number of carboxylic acids is 1. The predicted molar refractivity (Wildman–Crippen MR) is 66.3 cm³/mol. The first-order valence-electron chi connectivity index (χ1n) is 6.28. The number of hydrogen-bond donors (Lipinski definition) is 1. The molecule has 0 radical (unpaired) electrons. The van der Waals surface area contributed by atoms with E-state index < -0.39 is 42.3 Å². The van der Waals surface area contributed by atoms with Crippen LogP contribution in [0.2, 0.25) is 0 Å². The van der Waals surface area contributed by atoms with Gasteiger partial charge in [-0.05, 0) is 6.92 Å². The molecule has 0 bridgehead atoms. The number of hydrogen-bond acceptors (Lipinski definition) is 7. The summed E-state index contributed by atoms with van der Waals surface area (Å²) >= 11 is 0. The maximum Gasteiger partial charge on any atom is 0.410 e. The summed E-state index contributed by atoms with van der Waals surface area (Å²) in [6, 6.07) is -1.47. The number of likely N-dealkylation sites (tertiary alicyclic amines) is 1. The molecule has 0 aromatic rings. The fraction of sp³-hybridized carbons (Fsp3) is 0.667. The van der Waals surface area contributed by atoms with E-state index in [1.807, 2.05) is 0 Å². The first-order valence-corrected chi connectivity index (χ1v) is 6.28. The molecule has 1 aliphatic heterocycles. The maximum atomic E-state index is 11.8. The van der Waals surface area contributed by atoms with E-state index in [9.17, 15) is 24.3 Å². The van der Waals surface area contributed by atoms with E-state index in [1.165, 1.54) is 0 Å². The van der Waals surface area contributed by atoms with Crippen LogP contribution in [0.5, 0.6) is 0 Å². The highest BCUT2D eigenvalue weighted by Gasteiger charge is 2.52. The third kappa shape index (κ3) is 4.07. The zero-order valence-electron chi connectivity index (χ0n) is 11.9. The van der Waals surface area contributed by atoms with Crippen LogP contribution in [0.15, 0.2) is 0 Å². The Morgan fingerprint density at radius 2 is 1.71 bits per heavy atom. The minimum Gasteiger partial charge on any atom is -0.480 e. The normalized spacial score (nSPS) is 24.3. The SMILES string of the molecule is CCOC(=O)N1C[C@H](OC(C)=O)[C@H](OC(C)=O)[C@H]1C(=O)O. The summed E-state index contributed by atoms with van der Waals surface area (Å²) in [5.41, 5.74) is 0. The van der Waals surface area contributed by atoms with Gasteiger partial charge in [0.25, 0.3) is 0 Å². The lowest BCUT2D eigenvalue weighted by molar-refractivity contribution is -0.166. The quantitative estimate of drug-likeness (QED) is 0.559. The Balaban J connectivity index is 3.05. The maximum absolute atomic E-state index is 11.8. The molecule has 0 aromatic heterocycles. The molecule has 0 aromatic carbocycles. The molecule has 1 N–H and O–H groups in total. The van der Waals surface area contributed by atoms with Gasteiger partial charge in [0.15, 0.2) is 18.2 Å². The van der Waals surface area contributed by atoms with Gasteiger partial charge in [-0.3, -0.25) is 14.5 Å². The summed E-state index contributed by atoms with van der Waals surface area (Å²) in [6.45, 7) is 3.62. The largest absolute Gasteiger partial charge is 0.480 e. The summed E-state index contributed by atoms with van der Waals surface area (Å²) in [7, 11) is 0. The molecule has 1 aliphatic rings. The Labute approximate surface area is 120 Å². The lowest BCUT2D eigenvalue weighted by atomic mass is 10.1. The molecule has 1 rings (SSSR count). The third-order valence-corrected chi connectivity index (χ3v) is 2.76. The van der Waals surface area contributed by atoms with E-state index >= 15 is 0 Å². The van der Waals surface area contributed by atoms with Gasteiger partial charge in [-0.1, -0.05) is 0 Å². The Kier molecular flexibility index (Phi) is 5.51. The van der Waals surface area contributed by atoms with Gasteiger partial charge in [-0.15, -0.1) is 0 Å². The average molecular weight is 303 g/mol. The number of aliphatic carboxylic acids is 1. The van der Waals surface area contributed by atoms with Crippen LogP contribution in [0.4, 0.5) is 4.79 Å². The Morgan fingerprint density at radius 3 is 2.14 bits per heavy atom. The van der Waals surface area contributed by atoms with Crippen LogP contribution in [0.1, 0.15) is 20.8 Å². The topological polar surface area (TPSA) is 119 Å². The fourth-order valence-corrected chi connectivity index (χ4v) is 2.11. The molecule has 0 unspecified atom stereocenters. The molecular formula is C12H17NO8. The van der Waals surface area contributed by atoms with Gasteiger partial charge in [-0.25, -0.2) is 9.59 Å². The van der Waals surface area contributed by atoms with Gasteiger partial charge < -0.3 is 19.3 Å². The number of carboxylic acid groups (broad SMARTS) is 1. The van der Waals surface area contributed by atoms with Crippen LogP contribution in [-0.2, 0) is 28.6 Å². The zero-order chi connectivity index (χ0) is 16.2. The smallest absolute Gasteiger partial charge is 0.410 e. The Bertz CT molecular complexity index is 449. The summed E-state index contributed by atoms with van der Waals surface area (Å²) in [6.07, 6.45) is -3.22. The molecule has 1 heterocycles. The van der Waals surface area contributed by atoms with E-state index in [0.29, 0.717) is 0 Å². The predicted octanol–water partition coefficient (Wildman–Crippen LogP) is -0.225. The molecule has 0 saturated carbocycles. The molecule has 21 heavy (non-hydrogen) atoms. The van der Waals surface area contributed by atoms with Gasteiger partial charge in [0.1, 0.15) is 0 Å².